The van der Waals surface area contributed by atoms with Crippen molar-refractivity contribution < 1.29 is 14.7 Å². The molecule has 5 heteroatoms. The van der Waals surface area contributed by atoms with Crippen molar-refractivity contribution in [2.45, 2.75) is 56.5 Å². The Hall–Kier alpha value is -1.36. The van der Waals surface area contributed by atoms with Gasteiger partial charge in [-0.05, 0) is 19.3 Å². The van der Waals surface area contributed by atoms with Gasteiger partial charge in [-0.1, -0.05) is 31.4 Å². The van der Waals surface area contributed by atoms with Crippen LogP contribution in [0.3, 0.4) is 0 Å². The molecule has 0 heterocycles. The number of hydrogen-bond acceptors (Lipinski definition) is 3. The molecule has 0 aromatic rings. The minimum Gasteiger partial charge on any atom is -0.481 e. The normalized spacial score (nSPS) is 29.1. The predicted octanol–water partition coefficient (Wildman–Crippen LogP) is 1.18. The second-order valence-electron chi connectivity index (χ2n) is 5.79. The fourth-order valence-corrected chi connectivity index (χ4v) is 3.14. The lowest BCUT2D eigenvalue weighted by Gasteiger charge is -2.37. The third kappa shape index (κ3) is 3.56. The molecule has 2 rings (SSSR count). The van der Waals surface area contributed by atoms with E-state index in [4.69, 9.17) is 10.8 Å². The van der Waals surface area contributed by atoms with E-state index in [1.54, 1.807) is 0 Å². The van der Waals surface area contributed by atoms with E-state index in [-0.39, 0.29) is 24.3 Å². The van der Waals surface area contributed by atoms with Crippen molar-refractivity contribution in [2.24, 2.45) is 11.7 Å². The first-order valence-corrected chi connectivity index (χ1v) is 6.98. The number of nitrogens with two attached hydrogens (primary N) is 1. The highest BCUT2D eigenvalue weighted by atomic mass is 16.4. The molecule has 1 fully saturated rings. The fourth-order valence-electron chi connectivity index (χ4n) is 3.14. The van der Waals surface area contributed by atoms with Gasteiger partial charge in [0.05, 0.1) is 17.9 Å². The van der Waals surface area contributed by atoms with E-state index < -0.39 is 11.5 Å². The highest BCUT2D eigenvalue weighted by Gasteiger charge is 2.37. The monoisotopic (exact) mass is 266 g/mol. The first kappa shape index (κ1) is 14.1. The quantitative estimate of drug-likeness (QED) is 0.666. The van der Waals surface area contributed by atoms with Gasteiger partial charge < -0.3 is 16.2 Å². The summed E-state index contributed by atoms with van der Waals surface area (Å²) in [6.45, 7) is 0. The van der Waals surface area contributed by atoms with Gasteiger partial charge in [-0.25, -0.2) is 0 Å². The Morgan fingerprint density at radius 2 is 1.95 bits per heavy atom. The van der Waals surface area contributed by atoms with E-state index >= 15 is 0 Å². The molecule has 4 N–H and O–H groups in total. The van der Waals surface area contributed by atoms with Gasteiger partial charge in [0.25, 0.3) is 0 Å². The summed E-state index contributed by atoms with van der Waals surface area (Å²) in [4.78, 5) is 23.3. The molecule has 0 saturated heterocycles. The number of carbonyl (C=O) groups excluding carboxylic acids is 1. The van der Waals surface area contributed by atoms with Gasteiger partial charge in [0.15, 0.2) is 0 Å². The van der Waals surface area contributed by atoms with Crippen molar-refractivity contribution >= 4 is 11.9 Å². The summed E-state index contributed by atoms with van der Waals surface area (Å²) in [7, 11) is 0. The number of carboxylic acid groups (broad SMARTS) is 1. The van der Waals surface area contributed by atoms with E-state index in [1.807, 2.05) is 12.2 Å². The number of amides is 1. The molecule has 2 atom stereocenters. The van der Waals surface area contributed by atoms with Gasteiger partial charge >= 0.3 is 5.97 Å². The molecule has 0 aromatic carbocycles. The lowest BCUT2D eigenvalue weighted by molar-refractivity contribution is -0.139. The second kappa shape index (κ2) is 5.74. The van der Waals surface area contributed by atoms with E-state index in [1.165, 1.54) is 0 Å². The lowest BCUT2D eigenvalue weighted by Crippen LogP contribution is -2.52. The third-order valence-corrected chi connectivity index (χ3v) is 4.14. The summed E-state index contributed by atoms with van der Waals surface area (Å²) in [5, 5.41) is 12.1. The Bertz CT molecular complexity index is 386. The largest absolute Gasteiger partial charge is 0.481 e. The molecule has 0 aliphatic heterocycles. The average Bonchev–Trinajstić information content (AvgIpc) is 2.76. The first-order valence-electron chi connectivity index (χ1n) is 6.98. The van der Waals surface area contributed by atoms with E-state index in [0.29, 0.717) is 6.42 Å². The zero-order valence-corrected chi connectivity index (χ0v) is 11.1. The van der Waals surface area contributed by atoms with Gasteiger partial charge in [0.2, 0.25) is 5.91 Å². The molecule has 19 heavy (non-hydrogen) atoms. The molecule has 2 unspecified atom stereocenters. The maximum absolute atomic E-state index is 12.2. The van der Waals surface area contributed by atoms with Crippen LogP contribution >= 0.6 is 0 Å². The number of nitrogens with one attached hydrogen (secondary N) is 1. The van der Waals surface area contributed by atoms with Crippen molar-refractivity contribution in [1.29, 1.82) is 0 Å². The maximum Gasteiger partial charge on any atom is 0.305 e. The number of carbonyl (C=O) groups is 2. The Labute approximate surface area is 113 Å². The van der Waals surface area contributed by atoms with E-state index in [2.05, 4.69) is 5.32 Å². The Morgan fingerprint density at radius 3 is 2.47 bits per heavy atom. The lowest BCUT2D eigenvalue weighted by atomic mass is 9.79. The third-order valence-electron chi connectivity index (χ3n) is 4.14. The number of aliphatic carboxylic acids is 1. The van der Waals surface area contributed by atoms with Crippen molar-refractivity contribution in [1.82, 2.24) is 5.32 Å². The topological polar surface area (TPSA) is 92.4 Å². The molecule has 106 valence electrons. The highest BCUT2D eigenvalue weighted by molar-refractivity contribution is 5.82. The van der Waals surface area contributed by atoms with E-state index in [0.717, 1.165) is 32.1 Å². The van der Waals surface area contributed by atoms with Crippen LogP contribution in [-0.2, 0) is 9.59 Å². The minimum absolute atomic E-state index is 0.0151. The Kier molecular flexibility index (Phi) is 4.24. The summed E-state index contributed by atoms with van der Waals surface area (Å²) in [6, 6.07) is -0.0578. The van der Waals surface area contributed by atoms with Crippen LogP contribution in [0.5, 0.6) is 0 Å². The van der Waals surface area contributed by atoms with Crippen molar-refractivity contribution in [2.75, 3.05) is 0 Å². The molecule has 2 aliphatic rings. The first-order chi connectivity index (χ1) is 9.01. The van der Waals surface area contributed by atoms with Crippen LogP contribution < -0.4 is 11.1 Å². The Balaban J connectivity index is 2.01. The van der Waals surface area contributed by atoms with Crippen LogP contribution in [0.2, 0.25) is 0 Å². The van der Waals surface area contributed by atoms with Crippen molar-refractivity contribution in [3.8, 4) is 0 Å². The summed E-state index contributed by atoms with van der Waals surface area (Å²) in [6.07, 6.45) is 8.90. The summed E-state index contributed by atoms with van der Waals surface area (Å²) in [5.41, 5.74) is 5.19. The number of rotatable bonds is 4. The minimum atomic E-state index is -0.846. The van der Waals surface area contributed by atoms with Crippen molar-refractivity contribution in [3.05, 3.63) is 12.2 Å². The molecule has 1 amide bonds. The molecule has 0 bridgehead atoms. The molecule has 1 saturated carbocycles. The summed E-state index contributed by atoms with van der Waals surface area (Å²) >= 11 is 0. The zero-order chi connectivity index (χ0) is 13.9. The van der Waals surface area contributed by atoms with Crippen LogP contribution in [0.25, 0.3) is 0 Å². The molecule has 2 aliphatic carbocycles. The summed E-state index contributed by atoms with van der Waals surface area (Å²) < 4.78 is 0. The predicted molar refractivity (Wildman–Crippen MR) is 71.4 cm³/mol. The van der Waals surface area contributed by atoms with Gasteiger partial charge in [-0.2, -0.15) is 0 Å². The molecular formula is C14H22N2O3. The van der Waals surface area contributed by atoms with Crippen LogP contribution in [0, 0.1) is 5.92 Å². The van der Waals surface area contributed by atoms with E-state index in [9.17, 15) is 9.59 Å². The van der Waals surface area contributed by atoms with Gasteiger partial charge in [0.1, 0.15) is 0 Å². The molecule has 5 nitrogen and oxygen atoms in total. The molecule has 0 radical (unpaired) electrons. The van der Waals surface area contributed by atoms with Crippen LogP contribution in [0.4, 0.5) is 0 Å². The summed E-state index contributed by atoms with van der Waals surface area (Å²) in [5.74, 6) is -1.13. The smallest absolute Gasteiger partial charge is 0.305 e. The number of carboxylic acids is 1. The highest BCUT2D eigenvalue weighted by Crippen LogP contribution is 2.32. The average molecular weight is 266 g/mol. The standard InChI is InChI=1S/C14H22N2O3/c15-11-5-4-10(8-11)13(19)16-14(9-12(17)18)6-2-1-3-7-14/h4-5,10-11H,1-3,6-9,15H2,(H,16,19)(H,17,18). The van der Waals surface area contributed by atoms with Crippen molar-refractivity contribution in [3.63, 3.8) is 0 Å². The fraction of sp³-hybridized carbons (Fsp3) is 0.714. The zero-order valence-electron chi connectivity index (χ0n) is 11.1. The molecular weight excluding hydrogens is 244 g/mol. The Morgan fingerprint density at radius 1 is 1.26 bits per heavy atom. The van der Waals surface area contributed by atoms with Crippen LogP contribution in [0.15, 0.2) is 12.2 Å². The maximum atomic E-state index is 12.2. The number of hydrogen-bond donors (Lipinski definition) is 3. The van der Waals surface area contributed by atoms with Gasteiger partial charge in [-0.15, -0.1) is 0 Å². The molecule has 0 spiro atoms. The SMILES string of the molecule is NC1C=CC(C(=O)NC2(CC(=O)O)CCCCC2)C1. The van der Waals surface area contributed by atoms with Gasteiger partial charge in [-0.3, -0.25) is 9.59 Å². The van der Waals surface area contributed by atoms with Gasteiger partial charge in [0, 0.05) is 6.04 Å². The molecule has 0 aromatic heterocycles. The van der Waals surface area contributed by atoms with Crippen LogP contribution in [-0.4, -0.2) is 28.6 Å². The second-order valence-corrected chi connectivity index (χ2v) is 5.79. The van der Waals surface area contributed by atoms with Crippen LogP contribution in [0.1, 0.15) is 44.9 Å².